The van der Waals surface area contributed by atoms with Crippen molar-refractivity contribution in [2.45, 2.75) is 44.5 Å². The smallest absolute Gasteiger partial charge is 0.407 e. The molecule has 2 aromatic rings. The molecular weight excluding hydrogens is 328 g/mol. The number of amides is 1. The van der Waals surface area contributed by atoms with Gasteiger partial charge < -0.3 is 20.1 Å². The molecule has 0 saturated heterocycles. The predicted octanol–water partition coefficient (Wildman–Crippen LogP) is 3.80. The maximum absolute atomic E-state index is 11.9. The van der Waals surface area contributed by atoms with Gasteiger partial charge in [-0.05, 0) is 43.0 Å². The molecule has 1 atom stereocenters. The number of alkyl carbamates (subject to hydrolysis) is 1. The largest absolute Gasteiger partial charge is 0.497 e. The highest BCUT2D eigenvalue weighted by Crippen LogP contribution is 2.25. The van der Waals surface area contributed by atoms with Crippen molar-refractivity contribution in [3.63, 3.8) is 0 Å². The quantitative estimate of drug-likeness (QED) is 0.794. The van der Waals surface area contributed by atoms with Gasteiger partial charge in [-0.15, -0.1) is 0 Å². The molecule has 1 fully saturated rings. The third-order valence-corrected chi connectivity index (χ3v) is 4.77. The third kappa shape index (κ3) is 4.99. The summed E-state index contributed by atoms with van der Waals surface area (Å²) in [6.07, 6.45) is 1.49. The van der Waals surface area contributed by atoms with E-state index in [1.165, 1.54) is 5.56 Å². The van der Waals surface area contributed by atoms with Gasteiger partial charge in [0.1, 0.15) is 12.4 Å². The Hall–Kier alpha value is -2.53. The molecule has 5 nitrogen and oxygen atoms in total. The number of nitrogens with one attached hydrogen (secondary N) is 2. The van der Waals surface area contributed by atoms with E-state index < -0.39 is 0 Å². The molecule has 26 heavy (non-hydrogen) atoms. The first-order valence-corrected chi connectivity index (χ1v) is 9.01. The van der Waals surface area contributed by atoms with Gasteiger partial charge in [0.15, 0.2) is 0 Å². The fourth-order valence-electron chi connectivity index (χ4n) is 3.15. The van der Waals surface area contributed by atoms with Crippen molar-refractivity contribution in [3.8, 4) is 5.75 Å². The van der Waals surface area contributed by atoms with Gasteiger partial charge in [-0.25, -0.2) is 4.79 Å². The Kier molecular flexibility index (Phi) is 6.12. The second-order valence-corrected chi connectivity index (χ2v) is 6.73. The van der Waals surface area contributed by atoms with Crippen molar-refractivity contribution >= 4 is 6.09 Å². The standard InChI is InChI=1S/C21H26N2O3/c1-15(17-8-10-20(25-2)11-9-17)22-18-12-19(13-18)23-21(24)26-14-16-6-4-3-5-7-16/h3-11,15,18-19,22H,12-14H2,1-2H3,(H,23,24)/t15-,18?,19?/m1/s1. The van der Waals surface area contributed by atoms with Crippen molar-refractivity contribution in [1.29, 1.82) is 0 Å². The zero-order valence-electron chi connectivity index (χ0n) is 15.3. The number of carbonyl (C=O) groups is 1. The van der Waals surface area contributed by atoms with E-state index in [0.29, 0.717) is 12.6 Å². The molecule has 0 aromatic heterocycles. The van der Waals surface area contributed by atoms with Gasteiger partial charge >= 0.3 is 6.09 Å². The lowest BCUT2D eigenvalue weighted by molar-refractivity contribution is 0.124. The lowest BCUT2D eigenvalue weighted by Gasteiger charge is -2.38. The summed E-state index contributed by atoms with van der Waals surface area (Å²) >= 11 is 0. The topological polar surface area (TPSA) is 59.6 Å². The molecule has 0 bridgehead atoms. The van der Waals surface area contributed by atoms with Crippen LogP contribution >= 0.6 is 0 Å². The van der Waals surface area contributed by atoms with Crippen molar-refractivity contribution < 1.29 is 14.3 Å². The molecule has 0 aliphatic heterocycles. The minimum atomic E-state index is -0.347. The van der Waals surface area contributed by atoms with Gasteiger partial charge in [-0.2, -0.15) is 0 Å². The molecule has 5 heteroatoms. The molecule has 1 aliphatic rings. The Morgan fingerprint density at radius 2 is 1.77 bits per heavy atom. The van der Waals surface area contributed by atoms with Crippen LogP contribution in [0, 0.1) is 0 Å². The second kappa shape index (κ2) is 8.72. The summed E-state index contributed by atoms with van der Waals surface area (Å²) in [5.41, 5.74) is 2.22. The Morgan fingerprint density at radius 1 is 1.08 bits per heavy atom. The summed E-state index contributed by atoms with van der Waals surface area (Å²) in [5.74, 6) is 0.864. The van der Waals surface area contributed by atoms with Crippen LogP contribution in [-0.2, 0) is 11.3 Å². The third-order valence-electron chi connectivity index (χ3n) is 4.77. The first-order valence-electron chi connectivity index (χ1n) is 9.01. The minimum absolute atomic E-state index is 0.179. The van der Waals surface area contributed by atoms with Crippen LogP contribution < -0.4 is 15.4 Å². The van der Waals surface area contributed by atoms with E-state index in [2.05, 4.69) is 29.7 Å². The van der Waals surface area contributed by atoms with Gasteiger partial charge in [0.25, 0.3) is 0 Å². The highest BCUT2D eigenvalue weighted by molar-refractivity contribution is 5.67. The van der Waals surface area contributed by atoms with Crippen LogP contribution in [0.25, 0.3) is 0 Å². The molecule has 138 valence electrons. The summed E-state index contributed by atoms with van der Waals surface area (Å²) in [4.78, 5) is 11.9. The summed E-state index contributed by atoms with van der Waals surface area (Å²) < 4.78 is 10.4. The van der Waals surface area contributed by atoms with E-state index in [4.69, 9.17) is 9.47 Å². The van der Waals surface area contributed by atoms with Crippen molar-refractivity contribution in [2.75, 3.05) is 7.11 Å². The molecule has 0 radical (unpaired) electrons. The molecule has 1 saturated carbocycles. The van der Waals surface area contributed by atoms with Crippen LogP contribution in [0.15, 0.2) is 54.6 Å². The van der Waals surface area contributed by atoms with E-state index in [9.17, 15) is 4.79 Å². The molecule has 2 N–H and O–H groups in total. The molecule has 0 heterocycles. The first kappa shape index (κ1) is 18.3. The Morgan fingerprint density at radius 3 is 2.42 bits per heavy atom. The lowest BCUT2D eigenvalue weighted by Crippen LogP contribution is -2.52. The number of carbonyl (C=O) groups excluding carboxylic acids is 1. The summed E-state index contributed by atoms with van der Waals surface area (Å²) in [5, 5.41) is 6.53. The van der Waals surface area contributed by atoms with Crippen LogP contribution in [0.1, 0.15) is 36.9 Å². The maximum Gasteiger partial charge on any atom is 0.407 e. The Bertz CT molecular complexity index is 697. The number of benzene rings is 2. The zero-order chi connectivity index (χ0) is 18.4. The van der Waals surface area contributed by atoms with E-state index in [1.807, 2.05) is 42.5 Å². The summed E-state index contributed by atoms with van der Waals surface area (Å²) in [6, 6.07) is 18.6. The van der Waals surface area contributed by atoms with Crippen LogP contribution in [-0.4, -0.2) is 25.3 Å². The summed E-state index contributed by atoms with van der Waals surface area (Å²) in [7, 11) is 1.67. The van der Waals surface area contributed by atoms with E-state index >= 15 is 0 Å². The van der Waals surface area contributed by atoms with Gasteiger partial charge in [-0.1, -0.05) is 42.5 Å². The first-order chi connectivity index (χ1) is 12.6. The van der Waals surface area contributed by atoms with E-state index in [0.717, 1.165) is 24.2 Å². The zero-order valence-corrected chi connectivity index (χ0v) is 15.3. The van der Waals surface area contributed by atoms with Gasteiger partial charge in [0.05, 0.1) is 7.11 Å². The van der Waals surface area contributed by atoms with Crippen LogP contribution in [0.3, 0.4) is 0 Å². The second-order valence-electron chi connectivity index (χ2n) is 6.73. The van der Waals surface area contributed by atoms with Gasteiger partial charge in [-0.3, -0.25) is 0 Å². The highest BCUT2D eigenvalue weighted by atomic mass is 16.5. The normalized spacial score (nSPS) is 19.9. The average molecular weight is 354 g/mol. The molecule has 1 aliphatic carbocycles. The fourth-order valence-corrected chi connectivity index (χ4v) is 3.15. The lowest BCUT2D eigenvalue weighted by atomic mass is 9.86. The van der Waals surface area contributed by atoms with Crippen molar-refractivity contribution in [1.82, 2.24) is 10.6 Å². The number of methoxy groups -OCH3 is 1. The SMILES string of the molecule is COc1ccc([C@@H](C)NC2CC(NC(=O)OCc3ccccc3)C2)cc1. The van der Waals surface area contributed by atoms with Crippen LogP contribution in [0.4, 0.5) is 4.79 Å². The van der Waals surface area contributed by atoms with Crippen molar-refractivity contribution in [3.05, 3.63) is 65.7 Å². The molecule has 2 aromatic carbocycles. The number of ether oxygens (including phenoxy) is 2. The molecular formula is C21H26N2O3. The van der Waals surface area contributed by atoms with Crippen molar-refractivity contribution in [2.24, 2.45) is 0 Å². The fraction of sp³-hybridized carbons (Fsp3) is 0.381. The van der Waals surface area contributed by atoms with E-state index in [1.54, 1.807) is 7.11 Å². The maximum atomic E-state index is 11.9. The minimum Gasteiger partial charge on any atom is -0.497 e. The molecule has 1 amide bonds. The average Bonchev–Trinajstić information content (AvgIpc) is 2.65. The number of rotatable bonds is 7. The van der Waals surface area contributed by atoms with Gasteiger partial charge in [0.2, 0.25) is 0 Å². The highest BCUT2D eigenvalue weighted by Gasteiger charge is 2.31. The van der Waals surface area contributed by atoms with Gasteiger partial charge in [0, 0.05) is 18.1 Å². The van der Waals surface area contributed by atoms with Crippen LogP contribution in [0.5, 0.6) is 5.75 Å². The Labute approximate surface area is 154 Å². The van der Waals surface area contributed by atoms with Crippen LogP contribution in [0.2, 0.25) is 0 Å². The monoisotopic (exact) mass is 354 g/mol. The molecule has 3 rings (SSSR count). The number of hydrogen-bond acceptors (Lipinski definition) is 4. The molecule has 0 unspecified atom stereocenters. The summed E-state index contributed by atoms with van der Waals surface area (Å²) in [6.45, 7) is 2.45. The predicted molar refractivity (Wildman–Crippen MR) is 101 cm³/mol. The molecule has 0 spiro atoms. The Balaban J connectivity index is 1.35. The number of hydrogen-bond donors (Lipinski definition) is 2. The van der Waals surface area contributed by atoms with E-state index in [-0.39, 0.29) is 18.2 Å².